The number of nitrogens with two attached hydrogens (primary N) is 2. The molecule has 0 saturated heterocycles. The van der Waals surface area contributed by atoms with Crippen molar-refractivity contribution in [3.63, 3.8) is 0 Å². The molecule has 0 heterocycles. The fourth-order valence-electron chi connectivity index (χ4n) is 2.58. The second-order valence-corrected chi connectivity index (χ2v) is 7.89. The monoisotopic (exact) mass is 475 g/mol. The molecule has 0 rings (SSSR count). The second-order valence-electron chi connectivity index (χ2n) is 7.89. The maximum Gasteiger partial charge on any atom is 0.328 e. The average Bonchev–Trinajstić information content (AvgIpc) is 2.69. The van der Waals surface area contributed by atoms with Crippen LogP contribution in [0.3, 0.4) is 0 Å². The number of carbonyl (C=O) groups is 6. The van der Waals surface area contributed by atoms with Crippen molar-refractivity contribution in [2.75, 3.05) is 0 Å². The first-order valence-electron chi connectivity index (χ1n) is 10.2. The van der Waals surface area contributed by atoms with E-state index in [1.165, 1.54) is 0 Å². The Morgan fingerprint density at radius 2 is 1.24 bits per heavy atom. The highest BCUT2D eigenvalue weighted by Gasteiger charge is 2.32. The van der Waals surface area contributed by atoms with Gasteiger partial charge in [0.05, 0.1) is 12.1 Å². The lowest BCUT2D eigenvalue weighted by atomic mass is 10.0. The molecular weight excluding hydrogens is 442 g/mol. The van der Waals surface area contributed by atoms with Gasteiger partial charge in [0, 0.05) is 12.8 Å². The number of nitrogens with one attached hydrogen (secondary N) is 3. The lowest BCUT2D eigenvalue weighted by molar-refractivity contribution is -0.145. The molecule has 0 aliphatic rings. The molecule has 5 atom stereocenters. The summed E-state index contributed by atoms with van der Waals surface area (Å²) in [6.45, 7) is 4.47. The van der Waals surface area contributed by atoms with Gasteiger partial charge in [-0.2, -0.15) is 0 Å². The number of rotatable bonds is 15. The van der Waals surface area contributed by atoms with E-state index in [1.807, 2.05) is 0 Å². The summed E-state index contributed by atoms with van der Waals surface area (Å²) in [6, 6.07) is -5.53. The lowest BCUT2D eigenvalue weighted by Crippen LogP contribution is -2.58. The molecule has 188 valence electrons. The molecule has 10 N–H and O–H groups in total. The number of hydrogen-bond acceptors (Lipinski definition) is 8. The first kappa shape index (κ1) is 29.7. The van der Waals surface area contributed by atoms with Crippen LogP contribution in [0.1, 0.15) is 46.5 Å². The Morgan fingerprint density at radius 1 is 0.788 bits per heavy atom. The third-order valence-corrected chi connectivity index (χ3v) is 4.66. The number of hydrogen-bond donors (Lipinski definition) is 8. The summed E-state index contributed by atoms with van der Waals surface area (Å²) in [5, 5.41) is 34.3. The van der Waals surface area contributed by atoms with Crippen LogP contribution in [0.15, 0.2) is 0 Å². The van der Waals surface area contributed by atoms with Gasteiger partial charge in [0.25, 0.3) is 0 Å². The van der Waals surface area contributed by atoms with Crippen LogP contribution in [-0.4, -0.2) is 81.2 Å². The van der Waals surface area contributed by atoms with E-state index < -0.39 is 72.3 Å². The Morgan fingerprint density at radius 3 is 1.64 bits per heavy atom. The van der Waals surface area contributed by atoms with Gasteiger partial charge in [0.15, 0.2) is 6.04 Å². The summed E-state index contributed by atoms with van der Waals surface area (Å²) in [5.41, 5.74) is 10.8. The van der Waals surface area contributed by atoms with Crippen molar-refractivity contribution in [2.45, 2.75) is 76.7 Å². The van der Waals surface area contributed by atoms with Crippen LogP contribution in [0.5, 0.6) is 0 Å². The number of carbonyl (C=O) groups excluding carboxylic acids is 4. The second kappa shape index (κ2) is 14.0. The van der Waals surface area contributed by atoms with E-state index in [-0.39, 0.29) is 25.2 Å². The first-order valence-corrected chi connectivity index (χ1v) is 10.2. The van der Waals surface area contributed by atoms with E-state index in [4.69, 9.17) is 21.7 Å². The molecule has 0 aliphatic carbocycles. The van der Waals surface area contributed by atoms with Gasteiger partial charge in [0.1, 0.15) is 12.1 Å². The van der Waals surface area contributed by atoms with Crippen molar-refractivity contribution in [3.05, 3.63) is 0 Å². The number of aliphatic hydroxyl groups excluding tert-OH is 1. The Hall–Kier alpha value is -3.26. The predicted octanol–water partition coefficient (Wildman–Crippen LogP) is -2.98. The van der Waals surface area contributed by atoms with Gasteiger partial charge in [-0.05, 0) is 25.7 Å². The third-order valence-electron chi connectivity index (χ3n) is 4.66. The molecule has 0 radical (unpaired) electrons. The van der Waals surface area contributed by atoms with Crippen LogP contribution < -0.4 is 27.4 Å². The van der Waals surface area contributed by atoms with Crippen LogP contribution in [0.4, 0.5) is 0 Å². The van der Waals surface area contributed by atoms with Crippen LogP contribution in [-0.2, 0) is 28.8 Å². The zero-order chi connectivity index (χ0) is 25.9. The summed E-state index contributed by atoms with van der Waals surface area (Å²) in [4.78, 5) is 71.0. The molecule has 4 amide bonds. The molecule has 0 aromatic heterocycles. The smallest absolute Gasteiger partial charge is 0.328 e. The van der Waals surface area contributed by atoms with Crippen molar-refractivity contribution in [1.82, 2.24) is 16.0 Å². The normalized spacial score (nSPS) is 15.5. The number of aliphatic hydroxyl groups is 1. The Bertz CT molecular complexity index is 741. The van der Waals surface area contributed by atoms with Crippen molar-refractivity contribution in [2.24, 2.45) is 17.4 Å². The molecule has 0 fully saturated rings. The van der Waals surface area contributed by atoms with E-state index in [1.54, 1.807) is 13.8 Å². The van der Waals surface area contributed by atoms with Gasteiger partial charge in [-0.1, -0.05) is 13.8 Å². The summed E-state index contributed by atoms with van der Waals surface area (Å²) in [6.07, 6.45) is -2.96. The molecule has 14 heteroatoms. The number of carboxylic acids is 2. The molecule has 33 heavy (non-hydrogen) atoms. The fourth-order valence-corrected chi connectivity index (χ4v) is 2.58. The summed E-state index contributed by atoms with van der Waals surface area (Å²) < 4.78 is 0. The third kappa shape index (κ3) is 11.2. The molecule has 5 unspecified atom stereocenters. The highest BCUT2D eigenvalue weighted by atomic mass is 16.4. The number of primary amides is 1. The minimum absolute atomic E-state index is 0.282. The zero-order valence-corrected chi connectivity index (χ0v) is 18.7. The molecule has 0 bridgehead atoms. The van der Waals surface area contributed by atoms with Gasteiger partial charge in [-0.25, -0.2) is 4.79 Å². The molecule has 0 aromatic rings. The quantitative estimate of drug-likeness (QED) is 0.119. The first-order chi connectivity index (χ1) is 15.2. The topological polar surface area (TPSA) is 251 Å². The van der Waals surface area contributed by atoms with E-state index in [0.29, 0.717) is 0 Å². The van der Waals surface area contributed by atoms with Gasteiger partial charge in [0.2, 0.25) is 23.6 Å². The van der Waals surface area contributed by atoms with Gasteiger partial charge in [-0.3, -0.25) is 24.0 Å². The Labute approximate surface area is 190 Å². The Kier molecular flexibility index (Phi) is 12.6. The average molecular weight is 475 g/mol. The zero-order valence-electron chi connectivity index (χ0n) is 18.7. The van der Waals surface area contributed by atoms with Crippen molar-refractivity contribution in [1.29, 1.82) is 0 Å². The van der Waals surface area contributed by atoms with Crippen molar-refractivity contribution < 1.29 is 44.1 Å². The van der Waals surface area contributed by atoms with Crippen molar-refractivity contribution >= 4 is 35.6 Å². The minimum atomic E-state index is -1.70. The van der Waals surface area contributed by atoms with Crippen LogP contribution in [0, 0.1) is 5.92 Å². The molecular formula is C19H33N5O9. The molecule has 0 aliphatic heterocycles. The maximum atomic E-state index is 12.8. The lowest BCUT2D eigenvalue weighted by Gasteiger charge is -2.26. The highest BCUT2D eigenvalue weighted by molar-refractivity contribution is 5.94. The molecule has 0 spiro atoms. The maximum absolute atomic E-state index is 12.8. The molecule has 0 aromatic carbocycles. The van der Waals surface area contributed by atoms with Gasteiger partial charge >= 0.3 is 11.9 Å². The SMILES string of the molecule is CC(C)C(N)C(=O)NC(CCC(=O)O)C(=O)NC(CCC(N)=O)C(=O)NC(C(=O)O)C(C)O. The van der Waals surface area contributed by atoms with Crippen LogP contribution in [0.25, 0.3) is 0 Å². The minimum Gasteiger partial charge on any atom is -0.481 e. The van der Waals surface area contributed by atoms with E-state index >= 15 is 0 Å². The predicted molar refractivity (Wildman–Crippen MR) is 113 cm³/mol. The fraction of sp³-hybridized carbons (Fsp3) is 0.684. The standard InChI is InChI=1S/C19H33N5O9/c1-8(2)14(21)18(31)23-11(5-7-13(27)28)16(29)22-10(4-6-12(20)26)17(30)24-15(9(3)25)19(32)33/h8-11,14-15,25H,4-7,21H2,1-3H3,(H2,20,26)(H,22,29)(H,23,31)(H,24,30)(H,27,28)(H,32,33). The van der Waals surface area contributed by atoms with E-state index in [0.717, 1.165) is 6.92 Å². The van der Waals surface area contributed by atoms with Crippen molar-refractivity contribution in [3.8, 4) is 0 Å². The van der Waals surface area contributed by atoms with E-state index in [2.05, 4.69) is 16.0 Å². The van der Waals surface area contributed by atoms with Gasteiger partial charge in [-0.15, -0.1) is 0 Å². The summed E-state index contributed by atoms with van der Waals surface area (Å²) in [5.74, 6) is -6.54. The number of carboxylic acid groups (broad SMARTS) is 2. The van der Waals surface area contributed by atoms with E-state index in [9.17, 15) is 33.9 Å². The van der Waals surface area contributed by atoms with Crippen LogP contribution >= 0.6 is 0 Å². The highest BCUT2D eigenvalue weighted by Crippen LogP contribution is 2.06. The molecule has 14 nitrogen and oxygen atoms in total. The van der Waals surface area contributed by atoms with Crippen LogP contribution in [0.2, 0.25) is 0 Å². The number of amides is 4. The Balaban J connectivity index is 5.63. The summed E-state index contributed by atoms with van der Waals surface area (Å²) >= 11 is 0. The number of aliphatic carboxylic acids is 2. The molecule has 0 saturated carbocycles. The summed E-state index contributed by atoms with van der Waals surface area (Å²) in [7, 11) is 0. The van der Waals surface area contributed by atoms with Gasteiger partial charge < -0.3 is 42.7 Å². The largest absolute Gasteiger partial charge is 0.481 e.